The summed E-state index contributed by atoms with van der Waals surface area (Å²) in [5, 5.41) is 8.62. The summed E-state index contributed by atoms with van der Waals surface area (Å²) < 4.78 is 30.8. The van der Waals surface area contributed by atoms with Crippen molar-refractivity contribution >= 4 is 11.9 Å². The van der Waals surface area contributed by atoms with Gasteiger partial charge in [0.15, 0.2) is 11.6 Å². The van der Waals surface area contributed by atoms with Crippen LogP contribution in [0.5, 0.6) is 6.01 Å². The summed E-state index contributed by atoms with van der Waals surface area (Å²) in [6.07, 6.45) is -0.109. The molecule has 1 amide bonds. The zero-order valence-electron chi connectivity index (χ0n) is 10.6. The molecule has 0 unspecified atom stereocenters. The molecular formula is C12H12F2N4O2. The summed E-state index contributed by atoms with van der Waals surface area (Å²) in [5.41, 5.74) is 0.353. The number of hydrogen-bond acceptors (Lipinski definition) is 4. The predicted molar refractivity (Wildman–Crippen MR) is 66.2 cm³/mol. The Morgan fingerprint density at radius 3 is 2.90 bits per heavy atom. The summed E-state index contributed by atoms with van der Waals surface area (Å²) in [6, 6.07) is 3.40. The van der Waals surface area contributed by atoms with Crippen LogP contribution in [0.3, 0.4) is 0 Å². The maximum absolute atomic E-state index is 13.0. The second-order valence-corrected chi connectivity index (χ2v) is 3.87. The number of anilines is 1. The fraction of sp³-hybridized carbons (Fsp3) is 0.250. The Labute approximate surface area is 113 Å². The number of amides is 1. The Morgan fingerprint density at radius 1 is 1.40 bits per heavy atom. The van der Waals surface area contributed by atoms with E-state index in [1.54, 1.807) is 6.92 Å². The number of rotatable bonds is 5. The van der Waals surface area contributed by atoms with Gasteiger partial charge in [-0.05, 0) is 24.6 Å². The summed E-state index contributed by atoms with van der Waals surface area (Å²) in [7, 11) is 0. The third kappa shape index (κ3) is 3.50. The molecular weight excluding hydrogens is 270 g/mol. The van der Waals surface area contributed by atoms with Gasteiger partial charge in [-0.1, -0.05) is 6.07 Å². The average molecular weight is 282 g/mol. The van der Waals surface area contributed by atoms with Gasteiger partial charge in [0.1, 0.15) is 0 Å². The molecule has 20 heavy (non-hydrogen) atoms. The molecule has 8 heteroatoms. The third-order valence-electron chi connectivity index (χ3n) is 2.34. The largest absolute Gasteiger partial charge is 0.463 e. The molecule has 0 aliphatic rings. The molecule has 0 spiro atoms. The highest BCUT2D eigenvalue weighted by atomic mass is 19.2. The number of aromatic amines is 1. The van der Waals surface area contributed by atoms with E-state index in [0.717, 1.165) is 12.1 Å². The molecule has 2 rings (SSSR count). The van der Waals surface area contributed by atoms with Crippen LogP contribution < -0.4 is 10.1 Å². The number of carbonyl (C=O) groups excluding carboxylic acids is 1. The number of benzene rings is 1. The van der Waals surface area contributed by atoms with Crippen molar-refractivity contribution in [1.82, 2.24) is 15.2 Å². The van der Waals surface area contributed by atoms with Gasteiger partial charge in [0, 0.05) is 0 Å². The van der Waals surface area contributed by atoms with Gasteiger partial charge in [-0.15, -0.1) is 5.10 Å². The normalized spacial score (nSPS) is 10.3. The summed E-state index contributed by atoms with van der Waals surface area (Å²) in [5.74, 6) is -2.25. The van der Waals surface area contributed by atoms with Crippen molar-refractivity contribution in [3.8, 4) is 6.01 Å². The van der Waals surface area contributed by atoms with Gasteiger partial charge in [0.25, 0.3) is 0 Å². The van der Waals surface area contributed by atoms with E-state index in [-0.39, 0.29) is 18.4 Å². The zero-order valence-corrected chi connectivity index (χ0v) is 10.6. The standard InChI is InChI=1S/C12H12F2N4O2/c1-2-20-12-16-11(17-18-12)15-10(19)6-7-3-4-8(13)9(14)5-7/h3-5H,2,6H2,1H3,(H2,15,16,17,18,19). The Bertz CT molecular complexity index is 615. The van der Waals surface area contributed by atoms with Crippen molar-refractivity contribution < 1.29 is 18.3 Å². The van der Waals surface area contributed by atoms with Crippen molar-refractivity contribution in [3.05, 3.63) is 35.4 Å². The van der Waals surface area contributed by atoms with Crippen LogP contribution in [0.25, 0.3) is 0 Å². The van der Waals surface area contributed by atoms with Crippen molar-refractivity contribution in [3.63, 3.8) is 0 Å². The minimum atomic E-state index is -0.992. The van der Waals surface area contributed by atoms with Crippen LogP contribution in [0.15, 0.2) is 18.2 Å². The number of nitrogens with zero attached hydrogens (tertiary/aromatic N) is 2. The number of H-pyrrole nitrogens is 1. The van der Waals surface area contributed by atoms with Crippen LogP contribution in [-0.4, -0.2) is 27.7 Å². The summed E-state index contributed by atoms with van der Waals surface area (Å²) in [6.45, 7) is 2.18. The highest BCUT2D eigenvalue weighted by Gasteiger charge is 2.10. The van der Waals surface area contributed by atoms with Crippen molar-refractivity contribution in [2.45, 2.75) is 13.3 Å². The Kier molecular flexibility index (Phi) is 4.24. The molecule has 0 bridgehead atoms. The molecule has 0 radical (unpaired) electrons. The SMILES string of the molecule is CCOc1n[nH]c(NC(=O)Cc2ccc(F)c(F)c2)n1. The summed E-state index contributed by atoms with van der Waals surface area (Å²) in [4.78, 5) is 15.5. The fourth-order valence-corrected chi connectivity index (χ4v) is 1.51. The van der Waals surface area contributed by atoms with Gasteiger partial charge >= 0.3 is 6.01 Å². The monoisotopic (exact) mass is 282 g/mol. The van der Waals surface area contributed by atoms with E-state index in [1.807, 2.05) is 0 Å². The van der Waals surface area contributed by atoms with Crippen LogP contribution in [0.2, 0.25) is 0 Å². The number of carbonyl (C=O) groups is 1. The highest BCUT2D eigenvalue weighted by molar-refractivity contribution is 5.90. The maximum Gasteiger partial charge on any atom is 0.337 e. The Hall–Kier alpha value is -2.51. The quantitative estimate of drug-likeness (QED) is 0.874. The summed E-state index contributed by atoms with van der Waals surface area (Å²) >= 11 is 0. The lowest BCUT2D eigenvalue weighted by Gasteiger charge is -2.02. The topological polar surface area (TPSA) is 79.9 Å². The van der Waals surface area contributed by atoms with Gasteiger partial charge in [0.2, 0.25) is 11.9 Å². The van der Waals surface area contributed by atoms with E-state index >= 15 is 0 Å². The first-order chi connectivity index (χ1) is 9.58. The maximum atomic E-state index is 13.0. The van der Waals surface area contributed by atoms with E-state index in [9.17, 15) is 13.6 Å². The molecule has 0 saturated heterocycles. The molecule has 2 N–H and O–H groups in total. The highest BCUT2D eigenvalue weighted by Crippen LogP contribution is 2.10. The van der Waals surface area contributed by atoms with Crippen molar-refractivity contribution in [1.29, 1.82) is 0 Å². The number of ether oxygens (including phenoxy) is 1. The molecule has 0 aliphatic carbocycles. The predicted octanol–water partition coefficient (Wildman–Crippen LogP) is 1.66. The number of hydrogen-bond donors (Lipinski definition) is 2. The van der Waals surface area contributed by atoms with Gasteiger partial charge in [-0.3, -0.25) is 10.1 Å². The van der Waals surface area contributed by atoms with E-state index in [1.165, 1.54) is 6.07 Å². The first-order valence-electron chi connectivity index (χ1n) is 5.87. The van der Waals surface area contributed by atoms with Crippen LogP contribution in [-0.2, 0) is 11.2 Å². The molecule has 1 aromatic heterocycles. The molecule has 106 valence electrons. The molecule has 0 atom stereocenters. The number of aromatic nitrogens is 3. The van der Waals surface area contributed by atoms with E-state index in [4.69, 9.17) is 4.74 Å². The second kappa shape index (κ2) is 6.09. The van der Waals surface area contributed by atoms with E-state index < -0.39 is 17.5 Å². The zero-order chi connectivity index (χ0) is 14.5. The second-order valence-electron chi connectivity index (χ2n) is 3.87. The molecule has 0 saturated carbocycles. The van der Waals surface area contributed by atoms with Gasteiger partial charge in [-0.25, -0.2) is 13.9 Å². The molecule has 1 aromatic carbocycles. The minimum Gasteiger partial charge on any atom is -0.463 e. The lowest BCUT2D eigenvalue weighted by molar-refractivity contribution is -0.115. The minimum absolute atomic E-state index is 0.109. The molecule has 1 heterocycles. The van der Waals surface area contributed by atoms with Gasteiger partial charge in [0.05, 0.1) is 13.0 Å². The molecule has 0 aliphatic heterocycles. The van der Waals surface area contributed by atoms with Crippen LogP contribution in [0, 0.1) is 11.6 Å². The van der Waals surface area contributed by atoms with Crippen LogP contribution in [0.1, 0.15) is 12.5 Å². The van der Waals surface area contributed by atoms with E-state index in [0.29, 0.717) is 12.2 Å². The van der Waals surface area contributed by atoms with E-state index in [2.05, 4.69) is 20.5 Å². The molecule has 2 aromatic rings. The fourth-order valence-electron chi connectivity index (χ4n) is 1.51. The lowest BCUT2D eigenvalue weighted by Crippen LogP contribution is -2.15. The van der Waals surface area contributed by atoms with Gasteiger partial charge < -0.3 is 4.74 Å². The lowest BCUT2D eigenvalue weighted by atomic mass is 10.1. The number of nitrogens with one attached hydrogen (secondary N) is 2. The molecule has 6 nitrogen and oxygen atoms in total. The van der Waals surface area contributed by atoms with Gasteiger partial charge in [-0.2, -0.15) is 4.98 Å². The molecule has 0 fully saturated rings. The Morgan fingerprint density at radius 2 is 2.20 bits per heavy atom. The first-order valence-corrected chi connectivity index (χ1v) is 5.87. The van der Waals surface area contributed by atoms with Crippen molar-refractivity contribution in [2.24, 2.45) is 0 Å². The van der Waals surface area contributed by atoms with Crippen molar-refractivity contribution in [2.75, 3.05) is 11.9 Å². The first kappa shape index (κ1) is 13.9. The smallest absolute Gasteiger partial charge is 0.337 e. The average Bonchev–Trinajstić information content (AvgIpc) is 2.81. The Balaban J connectivity index is 1.95. The van der Waals surface area contributed by atoms with Crippen LogP contribution in [0.4, 0.5) is 14.7 Å². The number of halogens is 2. The van der Waals surface area contributed by atoms with Crippen LogP contribution >= 0.6 is 0 Å². The third-order valence-corrected chi connectivity index (χ3v) is 2.34.